The van der Waals surface area contributed by atoms with Crippen molar-refractivity contribution in [2.24, 2.45) is 5.73 Å². The number of halogens is 1. The van der Waals surface area contributed by atoms with Gasteiger partial charge in [0, 0.05) is 13.7 Å². The number of carbonyl (C=O) groups is 1. The molecular weight excluding hydrogens is 304 g/mol. The van der Waals surface area contributed by atoms with Crippen molar-refractivity contribution in [3.63, 3.8) is 0 Å². The minimum atomic E-state index is -0.770. The van der Waals surface area contributed by atoms with E-state index in [1.807, 2.05) is 42.5 Å². The summed E-state index contributed by atoms with van der Waals surface area (Å²) in [7, 11) is 1.48. The second-order valence-corrected chi connectivity index (χ2v) is 4.93. The van der Waals surface area contributed by atoms with Crippen LogP contribution in [0.3, 0.4) is 0 Å². The molecule has 0 aromatic heterocycles. The van der Waals surface area contributed by atoms with Crippen LogP contribution in [0.2, 0.25) is 0 Å². The number of hydrogen-bond acceptors (Lipinski definition) is 4. The summed E-state index contributed by atoms with van der Waals surface area (Å²) >= 11 is 0. The summed E-state index contributed by atoms with van der Waals surface area (Å²) in [6.07, 6.45) is -0.770. The lowest BCUT2D eigenvalue weighted by Gasteiger charge is -2.15. The Hall–Kier alpha value is -1.66. The quantitative estimate of drug-likeness (QED) is 0.749. The maximum atomic E-state index is 11.7. The van der Waals surface area contributed by atoms with E-state index in [-0.39, 0.29) is 31.5 Å². The number of aliphatic hydroxyl groups is 1. The molecule has 0 aliphatic rings. The number of fused-ring (bicyclic) bond motifs is 1. The number of nitrogens with two attached hydrogens (primary N) is 1. The highest BCUT2D eigenvalue weighted by molar-refractivity contribution is 5.85. The van der Waals surface area contributed by atoms with Gasteiger partial charge in [0.1, 0.15) is 6.04 Å². The number of carbonyl (C=O) groups excluding carboxylic acids is 1. The minimum Gasteiger partial charge on any atom is -0.387 e. The van der Waals surface area contributed by atoms with Gasteiger partial charge in [0.15, 0.2) is 0 Å². The largest absolute Gasteiger partial charge is 0.387 e. The number of benzene rings is 2. The highest BCUT2D eigenvalue weighted by Gasteiger charge is 2.15. The van der Waals surface area contributed by atoms with Gasteiger partial charge in [-0.1, -0.05) is 36.4 Å². The third-order valence-corrected chi connectivity index (χ3v) is 3.31. The SMILES string of the molecule is COCC(N)C(=O)NCC(O)c1ccc2ccccc2c1.Cl. The Bertz CT molecular complexity index is 621. The number of nitrogens with one attached hydrogen (secondary N) is 1. The Kier molecular flexibility index (Phi) is 7.27. The predicted molar refractivity (Wildman–Crippen MR) is 89.0 cm³/mol. The van der Waals surface area contributed by atoms with E-state index < -0.39 is 12.1 Å². The molecule has 120 valence electrons. The Morgan fingerprint density at radius 3 is 2.64 bits per heavy atom. The van der Waals surface area contributed by atoms with Crippen molar-refractivity contribution < 1.29 is 14.6 Å². The Morgan fingerprint density at radius 1 is 1.27 bits per heavy atom. The van der Waals surface area contributed by atoms with Crippen LogP contribution in [0, 0.1) is 0 Å². The molecule has 0 aliphatic carbocycles. The van der Waals surface area contributed by atoms with Gasteiger partial charge in [0.05, 0.1) is 12.7 Å². The molecule has 2 rings (SSSR count). The van der Waals surface area contributed by atoms with E-state index in [0.29, 0.717) is 0 Å². The van der Waals surface area contributed by atoms with Crippen LogP contribution in [0.1, 0.15) is 11.7 Å². The van der Waals surface area contributed by atoms with Gasteiger partial charge in [-0.3, -0.25) is 4.79 Å². The Morgan fingerprint density at radius 2 is 1.95 bits per heavy atom. The topological polar surface area (TPSA) is 84.6 Å². The van der Waals surface area contributed by atoms with Crippen LogP contribution in [-0.2, 0) is 9.53 Å². The first kappa shape index (κ1) is 18.4. The van der Waals surface area contributed by atoms with Crippen LogP contribution in [0.15, 0.2) is 42.5 Å². The molecular formula is C16H21ClN2O3. The van der Waals surface area contributed by atoms with Crippen LogP contribution >= 0.6 is 12.4 Å². The molecule has 5 nitrogen and oxygen atoms in total. The van der Waals surface area contributed by atoms with Gasteiger partial charge in [-0.25, -0.2) is 0 Å². The van der Waals surface area contributed by atoms with E-state index in [4.69, 9.17) is 10.5 Å². The normalized spacial score (nSPS) is 13.2. The van der Waals surface area contributed by atoms with E-state index >= 15 is 0 Å². The molecule has 2 unspecified atom stereocenters. The van der Waals surface area contributed by atoms with Crippen molar-refractivity contribution in [3.8, 4) is 0 Å². The fourth-order valence-electron chi connectivity index (χ4n) is 2.12. The van der Waals surface area contributed by atoms with E-state index in [0.717, 1.165) is 16.3 Å². The number of hydrogen-bond donors (Lipinski definition) is 3. The molecule has 2 atom stereocenters. The molecule has 2 aromatic rings. The van der Waals surface area contributed by atoms with Crippen LogP contribution in [-0.4, -0.2) is 37.3 Å². The molecule has 0 aliphatic heterocycles. The summed E-state index contributed by atoms with van der Waals surface area (Å²) in [5, 5.41) is 14.9. The van der Waals surface area contributed by atoms with Gasteiger partial charge in [-0.05, 0) is 22.4 Å². The van der Waals surface area contributed by atoms with Crippen molar-refractivity contribution in [2.75, 3.05) is 20.3 Å². The van der Waals surface area contributed by atoms with Gasteiger partial charge >= 0.3 is 0 Å². The average Bonchev–Trinajstić information content (AvgIpc) is 2.52. The smallest absolute Gasteiger partial charge is 0.239 e. The van der Waals surface area contributed by atoms with Gasteiger partial charge in [0.2, 0.25) is 5.91 Å². The highest BCUT2D eigenvalue weighted by atomic mass is 35.5. The van der Waals surface area contributed by atoms with Gasteiger partial charge < -0.3 is 20.9 Å². The molecule has 6 heteroatoms. The molecule has 2 aromatic carbocycles. The van der Waals surface area contributed by atoms with E-state index in [2.05, 4.69) is 5.32 Å². The first-order valence-corrected chi connectivity index (χ1v) is 6.81. The van der Waals surface area contributed by atoms with Gasteiger partial charge in [0.25, 0.3) is 0 Å². The summed E-state index contributed by atoms with van der Waals surface area (Å²) in [5.41, 5.74) is 6.37. The summed E-state index contributed by atoms with van der Waals surface area (Å²) in [5.74, 6) is -0.336. The molecule has 0 fully saturated rings. The summed E-state index contributed by atoms with van der Waals surface area (Å²) in [6.45, 7) is 0.270. The summed E-state index contributed by atoms with van der Waals surface area (Å²) in [4.78, 5) is 11.7. The van der Waals surface area contributed by atoms with Crippen LogP contribution in [0.25, 0.3) is 10.8 Å². The summed E-state index contributed by atoms with van der Waals surface area (Å²) < 4.78 is 4.82. The maximum Gasteiger partial charge on any atom is 0.239 e. The molecule has 0 saturated carbocycles. The second kappa shape index (κ2) is 8.70. The zero-order valence-corrected chi connectivity index (χ0v) is 13.2. The van der Waals surface area contributed by atoms with Crippen LogP contribution < -0.4 is 11.1 Å². The fourth-order valence-corrected chi connectivity index (χ4v) is 2.12. The molecule has 4 N–H and O–H groups in total. The molecule has 0 spiro atoms. The second-order valence-electron chi connectivity index (χ2n) is 4.93. The molecule has 1 amide bonds. The Balaban J connectivity index is 0.00000242. The van der Waals surface area contributed by atoms with E-state index in [1.165, 1.54) is 7.11 Å². The van der Waals surface area contributed by atoms with Gasteiger partial charge in [-0.2, -0.15) is 0 Å². The molecule has 0 radical (unpaired) electrons. The maximum absolute atomic E-state index is 11.7. The van der Waals surface area contributed by atoms with Crippen LogP contribution in [0.5, 0.6) is 0 Å². The summed E-state index contributed by atoms with van der Waals surface area (Å²) in [6, 6.07) is 12.9. The average molecular weight is 325 g/mol. The highest BCUT2D eigenvalue weighted by Crippen LogP contribution is 2.20. The Labute approximate surface area is 135 Å². The standard InChI is InChI=1S/C16H20N2O3.ClH/c1-21-10-14(17)16(20)18-9-15(19)13-7-6-11-4-2-3-5-12(11)8-13;/h2-8,14-15,19H,9-10,17H2,1H3,(H,18,20);1H. The fraction of sp³-hybridized carbons (Fsp3) is 0.312. The van der Waals surface area contributed by atoms with E-state index in [9.17, 15) is 9.90 Å². The lowest BCUT2D eigenvalue weighted by Crippen LogP contribution is -2.44. The van der Waals surface area contributed by atoms with Crippen molar-refractivity contribution in [1.82, 2.24) is 5.32 Å². The minimum absolute atomic E-state index is 0. The number of amides is 1. The molecule has 0 saturated heterocycles. The lowest BCUT2D eigenvalue weighted by molar-refractivity contribution is -0.123. The molecule has 0 heterocycles. The van der Waals surface area contributed by atoms with E-state index in [1.54, 1.807) is 0 Å². The van der Waals surface area contributed by atoms with Crippen molar-refractivity contribution in [3.05, 3.63) is 48.0 Å². The zero-order valence-electron chi connectivity index (χ0n) is 12.4. The zero-order chi connectivity index (χ0) is 15.2. The van der Waals surface area contributed by atoms with Gasteiger partial charge in [-0.15, -0.1) is 12.4 Å². The monoisotopic (exact) mass is 324 g/mol. The number of aliphatic hydroxyl groups excluding tert-OH is 1. The predicted octanol–water partition coefficient (Wildman–Crippen LogP) is 1.38. The molecule has 22 heavy (non-hydrogen) atoms. The van der Waals surface area contributed by atoms with Crippen molar-refractivity contribution in [2.45, 2.75) is 12.1 Å². The number of rotatable bonds is 6. The van der Waals surface area contributed by atoms with Crippen molar-refractivity contribution >= 4 is 29.1 Å². The first-order chi connectivity index (χ1) is 10.1. The molecule has 0 bridgehead atoms. The third kappa shape index (κ3) is 4.68. The lowest BCUT2D eigenvalue weighted by atomic mass is 10.0. The third-order valence-electron chi connectivity index (χ3n) is 3.31. The first-order valence-electron chi connectivity index (χ1n) is 6.81. The number of ether oxygens (including phenoxy) is 1. The number of methoxy groups -OCH3 is 1. The van der Waals surface area contributed by atoms with Crippen LogP contribution in [0.4, 0.5) is 0 Å². The van der Waals surface area contributed by atoms with Crippen molar-refractivity contribution in [1.29, 1.82) is 0 Å².